The fraction of sp³-hybridized carbons (Fsp3) is 0.250. The Morgan fingerprint density at radius 2 is 1.64 bits per heavy atom. The summed E-state index contributed by atoms with van der Waals surface area (Å²) in [5.74, 6) is -1.12. The van der Waals surface area contributed by atoms with Gasteiger partial charge in [0.1, 0.15) is 0 Å². The molecule has 1 aromatic carbocycles. The van der Waals surface area contributed by atoms with E-state index in [1.165, 1.54) is 12.1 Å². The zero-order valence-electron chi connectivity index (χ0n) is 12.4. The van der Waals surface area contributed by atoms with E-state index in [1.54, 1.807) is 0 Å². The van der Waals surface area contributed by atoms with Crippen molar-refractivity contribution in [2.24, 2.45) is 0 Å². The molecule has 25 heavy (non-hydrogen) atoms. The third-order valence-electron chi connectivity index (χ3n) is 3.92. The molecule has 0 unspecified atom stereocenters. The molecule has 0 saturated carbocycles. The number of carbonyl (C=O) groups excluding carboxylic acids is 1. The first-order chi connectivity index (χ1) is 11.6. The highest BCUT2D eigenvalue weighted by molar-refractivity contribution is 6.09. The molecule has 2 aromatic rings. The van der Waals surface area contributed by atoms with Crippen molar-refractivity contribution in [3.8, 4) is 0 Å². The molecular formula is C16H10F6N2O. The summed E-state index contributed by atoms with van der Waals surface area (Å²) in [5, 5.41) is 0. The highest BCUT2D eigenvalue weighted by Crippen LogP contribution is 2.40. The molecule has 0 saturated heterocycles. The van der Waals surface area contributed by atoms with Crippen LogP contribution in [-0.2, 0) is 18.8 Å². The lowest BCUT2D eigenvalue weighted by atomic mass is 9.93. The van der Waals surface area contributed by atoms with Crippen molar-refractivity contribution in [1.82, 2.24) is 4.98 Å². The van der Waals surface area contributed by atoms with Gasteiger partial charge in [-0.1, -0.05) is 12.1 Å². The van der Waals surface area contributed by atoms with Crippen LogP contribution in [0.5, 0.6) is 0 Å². The summed E-state index contributed by atoms with van der Waals surface area (Å²) < 4.78 is 79.0. The predicted octanol–water partition coefficient (Wildman–Crippen LogP) is 4.32. The Morgan fingerprint density at radius 1 is 0.960 bits per heavy atom. The number of aromatic nitrogens is 1. The number of halogens is 6. The number of pyridine rings is 1. The summed E-state index contributed by atoms with van der Waals surface area (Å²) in [6, 6.07) is 3.98. The number of rotatable bonds is 1. The molecule has 0 aliphatic carbocycles. The first-order valence-electron chi connectivity index (χ1n) is 7.13. The van der Waals surface area contributed by atoms with Crippen LogP contribution in [0.15, 0.2) is 36.7 Å². The first kappa shape index (κ1) is 17.2. The Morgan fingerprint density at radius 3 is 2.28 bits per heavy atom. The van der Waals surface area contributed by atoms with Crippen LogP contribution in [0, 0.1) is 0 Å². The molecule has 0 fully saturated rings. The molecule has 3 rings (SSSR count). The molecule has 1 aliphatic rings. The highest BCUT2D eigenvalue weighted by atomic mass is 19.4. The molecule has 0 bridgehead atoms. The fourth-order valence-electron chi connectivity index (χ4n) is 2.84. The number of hydrogen-bond acceptors (Lipinski definition) is 2. The molecule has 132 valence electrons. The molecule has 0 N–H and O–H groups in total. The van der Waals surface area contributed by atoms with Gasteiger partial charge in [-0.2, -0.15) is 26.3 Å². The van der Waals surface area contributed by atoms with Crippen LogP contribution < -0.4 is 4.90 Å². The van der Waals surface area contributed by atoms with E-state index in [4.69, 9.17) is 0 Å². The number of fused-ring (bicyclic) bond motifs is 1. The maximum Gasteiger partial charge on any atom is 0.418 e. The Labute approximate surface area is 137 Å². The Hall–Kier alpha value is -2.58. The van der Waals surface area contributed by atoms with Crippen LogP contribution in [-0.4, -0.2) is 17.4 Å². The van der Waals surface area contributed by atoms with Crippen molar-refractivity contribution in [1.29, 1.82) is 0 Å². The van der Waals surface area contributed by atoms with Crippen molar-refractivity contribution < 1.29 is 31.1 Å². The average molecular weight is 360 g/mol. The summed E-state index contributed by atoms with van der Waals surface area (Å²) in [6.45, 7) is -0.165. The number of benzene rings is 1. The predicted molar refractivity (Wildman–Crippen MR) is 76.1 cm³/mol. The first-order valence-corrected chi connectivity index (χ1v) is 7.13. The summed E-state index contributed by atoms with van der Waals surface area (Å²) in [6.07, 6.45) is -7.79. The van der Waals surface area contributed by atoms with Crippen LogP contribution >= 0.6 is 0 Å². The Bertz CT molecular complexity index is 828. The number of carbonyl (C=O) groups is 1. The number of hydrogen-bond donors (Lipinski definition) is 0. The van der Waals surface area contributed by atoms with E-state index < -0.39 is 40.6 Å². The molecule has 1 amide bonds. The van der Waals surface area contributed by atoms with Gasteiger partial charge in [0.05, 0.1) is 28.6 Å². The van der Waals surface area contributed by atoms with Gasteiger partial charge in [0.15, 0.2) is 0 Å². The molecule has 1 aliphatic heterocycles. The summed E-state index contributed by atoms with van der Waals surface area (Å²) in [4.78, 5) is 16.9. The van der Waals surface area contributed by atoms with Crippen LogP contribution in [0.2, 0.25) is 0 Å². The van der Waals surface area contributed by atoms with Gasteiger partial charge in [-0.05, 0) is 24.1 Å². The average Bonchev–Trinajstić information content (AvgIpc) is 2.53. The molecule has 3 nitrogen and oxygen atoms in total. The van der Waals surface area contributed by atoms with Gasteiger partial charge in [0.2, 0.25) is 0 Å². The zero-order valence-corrected chi connectivity index (χ0v) is 12.4. The van der Waals surface area contributed by atoms with Crippen molar-refractivity contribution in [3.05, 3.63) is 58.9 Å². The minimum atomic E-state index is -4.79. The monoisotopic (exact) mass is 360 g/mol. The topological polar surface area (TPSA) is 33.2 Å². The summed E-state index contributed by atoms with van der Waals surface area (Å²) in [5.41, 5.74) is -3.28. The normalized spacial score (nSPS) is 15.3. The van der Waals surface area contributed by atoms with E-state index in [0.717, 1.165) is 18.5 Å². The van der Waals surface area contributed by atoms with Gasteiger partial charge in [-0.15, -0.1) is 0 Å². The second-order valence-electron chi connectivity index (χ2n) is 5.43. The third-order valence-corrected chi connectivity index (χ3v) is 3.92. The largest absolute Gasteiger partial charge is 0.418 e. The van der Waals surface area contributed by atoms with E-state index in [0.29, 0.717) is 11.0 Å². The molecule has 0 spiro atoms. The maximum absolute atomic E-state index is 13.2. The van der Waals surface area contributed by atoms with Gasteiger partial charge in [-0.3, -0.25) is 9.78 Å². The van der Waals surface area contributed by atoms with Crippen LogP contribution in [0.3, 0.4) is 0 Å². The lowest BCUT2D eigenvalue weighted by Gasteiger charge is -2.31. The zero-order chi connectivity index (χ0) is 18.4. The minimum absolute atomic E-state index is 0.0111. The van der Waals surface area contributed by atoms with E-state index >= 15 is 0 Å². The maximum atomic E-state index is 13.2. The quantitative estimate of drug-likeness (QED) is 0.710. The van der Waals surface area contributed by atoms with Gasteiger partial charge in [-0.25, -0.2) is 0 Å². The third kappa shape index (κ3) is 3.06. The van der Waals surface area contributed by atoms with Crippen molar-refractivity contribution in [2.75, 3.05) is 11.4 Å². The van der Waals surface area contributed by atoms with Crippen molar-refractivity contribution in [2.45, 2.75) is 18.8 Å². The Kier molecular flexibility index (Phi) is 3.97. The minimum Gasteiger partial charge on any atom is -0.306 e. The van der Waals surface area contributed by atoms with Gasteiger partial charge in [0, 0.05) is 12.7 Å². The number of anilines is 1. The molecular weight excluding hydrogens is 350 g/mol. The van der Waals surface area contributed by atoms with Gasteiger partial charge >= 0.3 is 12.4 Å². The Balaban J connectivity index is 2.13. The van der Waals surface area contributed by atoms with Gasteiger partial charge in [0.25, 0.3) is 5.91 Å². The van der Waals surface area contributed by atoms with Crippen molar-refractivity contribution >= 4 is 11.6 Å². The van der Waals surface area contributed by atoms with E-state index in [-0.39, 0.29) is 18.5 Å². The van der Waals surface area contributed by atoms with Crippen molar-refractivity contribution in [3.63, 3.8) is 0 Å². The lowest BCUT2D eigenvalue weighted by Crippen LogP contribution is -2.40. The smallest absolute Gasteiger partial charge is 0.306 e. The van der Waals surface area contributed by atoms with Crippen LogP contribution in [0.25, 0.3) is 0 Å². The molecule has 0 radical (unpaired) electrons. The fourth-order valence-corrected chi connectivity index (χ4v) is 2.84. The molecule has 2 heterocycles. The number of alkyl halides is 6. The standard InChI is InChI=1S/C16H10F6N2O/c17-15(18,19)10-4-6-23-8-12(10)24-7-5-9-2-1-3-11(16(20,21)22)13(9)14(24)25/h1-4,6,8H,5,7H2. The van der Waals surface area contributed by atoms with Gasteiger partial charge < -0.3 is 4.90 Å². The lowest BCUT2D eigenvalue weighted by molar-refractivity contribution is -0.138. The van der Waals surface area contributed by atoms with Crippen LogP contribution in [0.1, 0.15) is 27.0 Å². The number of nitrogens with zero attached hydrogens (tertiary/aromatic N) is 2. The SMILES string of the molecule is O=C1c2c(cccc2C(F)(F)F)CCN1c1cnccc1C(F)(F)F. The second-order valence-corrected chi connectivity index (χ2v) is 5.43. The number of amides is 1. The van der Waals surface area contributed by atoms with E-state index in [1.807, 2.05) is 0 Å². The van der Waals surface area contributed by atoms with Crippen LogP contribution in [0.4, 0.5) is 32.0 Å². The highest BCUT2D eigenvalue weighted by Gasteiger charge is 2.41. The summed E-state index contributed by atoms with van der Waals surface area (Å²) in [7, 11) is 0. The summed E-state index contributed by atoms with van der Waals surface area (Å²) >= 11 is 0. The van der Waals surface area contributed by atoms with E-state index in [2.05, 4.69) is 4.98 Å². The molecule has 1 aromatic heterocycles. The van der Waals surface area contributed by atoms with E-state index in [9.17, 15) is 31.1 Å². The molecule has 0 atom stereocenters. The molecule has 9 heteroatoms. The second kappa shape index (κ2) is 5.75.